The minimum Gasteiger partial charge on any atom is -0.481 e. The quantitative estimate of drug-likeness (QED) is 0.754. The Kier molecular flexibility index (Phi) is 6.60. The van der Waals surface area contributed by atoms with Gasteiger partial charge in [0.1, 0.15) is 0 Å². The molecule has 0 saturated carbocycles. The van der Waals surface area contributed by atoms with E-state index in [1.807, 2.05) is 48.5 Å². The van der Waals surface area contributed by atoms with Gasteiger partial charge in [-0.05, 0) is 36.9 Å². The van der Waals surface area contributed by atoms with Crippen LogP contribution in [0.25, 0.3) is 0 Å². The number of carboxylic acids is 1. The zero-order chi connectivity index (χ0) is 19.1. The number of carboxylic acid groups (broad SMARTS) is 1. The molecule has 1 fully saturated rings. The number of nitrogens with zero attached hydrogens (tertiary/aromatic N) is 1. The van der Waals surface area contributed by atoms with E-state index in [9.17, 15) is 14.7 Å². The highest BCUT2D eigenvalue weighted by Gasteiger charge is 2.31. The first-order chi connectivity index (χ1) is 13.1. The molecule has 2 aromatic carbocycles. The summed E-state index contributed by atoms with van der Waals surface area (Å²) in [6.45, 7) is 1.78. The molecule has 2 N–H and O–H groups in total. The van der Waals surface area contributed by atoms with Crippen LogP contribution in [-0.4, -0.2) is 41.0 Å². The van der Waals surface area contributed by atoms with Crippen molar-refractivity contribution in [1.82, 2.24) is 10.2 Å². The zero-order valence-electron chi connectivity index (χ0n) is 15.4. The summed E-state index contributed by atoms with van der Waals surface area (Å²) in [6, 6.07) is 19.5. The molecule has 3 rings (SSSR count). The van der Waals surface area contributed by atoms with Gasteiger partial charge in [-0.3, -0.25) is 14.5 Å². The van der Waals surface area contributed by atoms with E-state index in [1.165, 1.54) is 5.56 Å². The Morgan fingerprint density at radius 2 is 1.67 bits per heavy atom. The van der Waals surface area contributed by atoms with E-state index in [0.717, 1.165) is 31.5 Å². The molecular formula is C22H26N2O3. The van der Waals surface area contributed by atoms with Gasteiger partial charge in [0.2, 0.25) is 5.91 Å². The first kappa shape index (κ1) is 19.1. The smallest absolute Gasteiger partial charge is 0.308 e. The van der Waals surface area contributed by atoms with Gasteiger partial charge in [0, 0.05) is 13.1 Å². The third-order valence-electron chi connectivity index (χ3n) is 5.09. The monoisotopic (exact) mass is 366 g/mol. The standard InChI is InChI=1S/C22H26N2O3/c25-21(20-12-7-13-24(20)16-18-10-5-2-6-11-18)23-15-19(22(26)27)14-17-8-3-1-4-9-17/h1-6,8-11,19-20H,7,12-16H2,(H,23,25)(H,26,27)/t19-,20-/m1/s1. The number of rotatable bonds is 8. The number of carbonyl (C=O) groups is 2. The number of amides is 1. The van der Waals surface area contributed by atoms with Crippen molar-refractivity contribution in [3.8, 4) is 0 Å². The Balaban J connectivity index is 1.55. The van der Waals surface area contributed by atoms with Gasteiger partial charge in [0.05, 0.1) is 12.0 Å². The zero-order valence-corrected chi connectivity index (χ0v) is 15.4. The second-order valence-electron chi connectivity index (χ2n) is 7.08. The fourth-order valence-corrected chi connectivity index (χ4v) is 3.62. The summed E-state index contributed by atoms with van der Waals surface area (Å²) in [5.41, 5.74) is 2.15. The van der Waals surface area contributed by atoms with E-state index in [-0.39, 0.29) is 18.5 Å². The van der Waals surface area contributed by atoms with Crippen LogP contribution < -0.4 is 5.32 Å². The number of hydrogen-bond donors (Lipinski definition) is 2. The van der Waals surface area contributed by atoms with Crippen LogP contribution in [0.5, 0.6) is 0 Å². The van der Waals surface area contributed by atoms with Gasteiger partial charge >= 0.3 is 5.97 Å². The third-order valence-corrected chi connectivity index (χ3v) is 5.09. The molecule has 1 saturated heterocycles. The van der Waals surface area contributed by atoms with Crippen molar-refractivity contribution in [3.05, 3.63) is 71.8 Å². The van der Waals surface area contributed by atoms with Crippen LogP contribution in [0, 0.1) is 5.92 Å². The molecular weight excluding hydrogens is 340 g/mol. The average Bonchev–Trinajstić information content (AvgIpc) is 3.14. The molecule has 0 radical (unpaired) electrons. The van der Waals surface area contributed by atoms with Crippen LogP contribution in [0.4, 0.5) is 0 Å². The predicted octanol–water partition coefficient (Wildman–Crippen LogP) is 2.71. The summed E-state index contributed by atoms with van der Waals surface area (Å²) in [5, 5.41) is 12.4. The molecule has 0 bridgehead atoms. The molecule has 1 amide bonds. The SMILES string of the molecule is O=C(O)[C@@H](CNC(=O)[C@H]1CCCN1Cc1ccccc1)Cc1ccccc1. The maximum Gasteiger partial charge on any atom is 0.308 e. The molecule has 0 spiro atoms. The first-order valence-corrected chi connectivity index (χ1v) is 9.46. The second kappa shape index (κ2) is 9.33. The third kappa shape index (κ3) is 5.41. The second-order valence-corrected chi connectivity index (χ2v) is 7.08. The lowest BCUT2D eigenvalue weighted by Gasteiger charge is -2.24. The lowest BCUT2D eigenvalue weighted by atomic mass is 9.99. The molecule has 2 atom stereocenters. The lowest BCUT2D eigenvalue weighted by molar-refractivity contribution is -0.141. The molecule has 0 unspecified atom stereocenters. The van der Waals surface area contributed by atoms with Crippen molar-refractivity contribution < 1.29 is 14.7 Å². The highest BCUT2D eigenvalue weighted by atomic mass is 16.4. The fourth-order valence-electron chi connectivity index (χ4n) is 3.62. The van der Waals surface area contributed by atoms with Crippen LogP contribution in [0.1, 0.15) is 24.0 Å². The van der Waals surface area contributed by atoms with Crippen molar-refractivity contribution in [2.75, 3.05) is 13.1 Å². The summed E-state index contributed by atoms with van der Waals surface area (Å²) in [6.07, 6.45) is 2.21. The number of hydrogen-bond acceptors (Lipinski definition) is 3. The van der Waals surface area contributed by atoms with Crippen molar-refractivity contribution in [2.45, 2.75) is 31.8 Å². The van der Waals surface area contributed by atoms with Crippen LogP contribution in [0.3, 0.4) is 0 Å². The molecule has 1 aliphatic heterocycles. The van der Waals surface area contributed by atoms with Crippen LogP contribution in [-0.2, 0) is 22.6 Å². The fraction of sp³-hybridized carbons (Fsp3) is 0.364. The van der Waals surface area contributed by atoms with Gasteiger partial charge in [-0.25, -0.2) is 0 Å². The van der Waals surface area contributed by atoms with Gasteiger partial charge in [0.15, 0.2) is 0 Å². The highest BCUT2D eigenvalue weighted by Crippen LogP contribution is 2.20. The van der Waals surface area contributed by atoms with E-state index in [0.29, 0.717) is 6.42 Å². The van der Waals surface area contributed by atoms with Crippen LogP contribution in [0.2, 0.25) is 0 Å². The minimum atomic E-state index is -0.883. The van der Waals surface area contributed by atoms with E-state index in [1.54, 1.807) is 0 Å². The minimum absolute atomic E-state index is 0.0669. The van der Waals surface area contributed by atoms with E-state index >= 15 is 0 Å². The van der Waals surface area contributed by atoms with Crippen molar-refractivity contribution in [1.29, 1.82) is 0 Å². The number of carbonyl (C=O) groups excluding carboxylic acids is 1. The normalized spacial score (nSPS) is 18.1. The molecule has 142 valence electrons. The summed E-state index contributed by atoms with van der Waals surface area (Å²) >= 11 is 0. The van der Waals surface area contributed by atoms with Gasteiger partial charge in [-0.1, -0.05) is 60.7 Å². The molecule has 5 nitrogen and oxygen atoms in total. The van der Waals surface area contributed by atoms with E-state index in [4.69, 9.17) is 0 Å². The Labute approximate surface area is 160 Å². The van der Waals surface area contributed by atoms with E-state index in [2.05, 4.69) is 22.3 Å². The van der Waals surface area contributed by atoms with Crippen molar-refractivity contribution in [2.24, 2.45) is 5.92 Å². The van der Waals surface area contributed by atoms with Crippen LogP contribution >= 0.6 is 0 Å². The average molecular weight is 366 g/mol. The summed E-state index contributed by atoms with van der Waals surface area (Å²) in [7, 11) is 0. The van der Waals surface area contributed by atoms with Crippen molar-refractivity contribution >= 4 is 11.9 Å². The van der Waals surface area contributed by atoms with E-state index < -0.39 is 11.9 Å². The molecule has 1 heterocycles. The Hall–Kier alpha value is -2.66. The molecule has 2 aromatic rings. The predicted molar refractivity (Wildman–Crippen MR) is 104 cm³/mol. The molecule has 1 aliphatic rings. The molecule has 5 heteroatoms. The van der Waals surface area contributed by atoms with Crippen molar-refractivity contribution in [3.63, 3.8) is 0 Å². The maximum absolute atomic E-state index is 12.7. The summed E-state index contributed by atoms with van der Waals surface area (Å²) in [5.74, 6) is -1.57. The highest BCUT2D eigenvalue weighted by molar-refractivity contribution is 5.82. The topological polar surface area (TPSA) is 69.6 Å². The first-order valence-electron chi connectivity index (χ1n) is 9.46. The molecule has 27 heavy (non-hydrogen) atoms. The maximum atomic E-state index is 12.7. The van der Waals surface area contributed by atoms with Gasteiger partial charge in [-0.15, -0.1) is 0 Å². The Bertz CT molecular complexity index is 749. The molecule has 0 aromatic heterocycles. The van der Waals surface area contributed by atoms with Crippen LogP contribution in [0.15, 0.2) is 60.7 Å². The summed E-state index contributed by atoms with van der Waals surface area (Å²) in [4.78, 5) is 26.4. The number of aliphatic carboxylic acids is 1. The summed E-state index contributed by atoms with van der Waals surface area (Å²) < 4.78 is 0. The number of likely N-dealkylation sites (tertiary alicyclic amines) is 1. The Morgan fingerprint density at radius 3 is 2.30 bits per heavy atom. The van der Waals surface area contributed by atoms with Gasteiger partial charge < -0.3 is 10.4 Å². The lowest BCUT2D eigenvalue weighted by Crippen LogP contribution is -2.45. The number of nitrogens with one attached hydrogen (secondary N) is 1. The Morgan fingerprint density at radius 1 is 1.04 bits per heavy atom. The largest absolute Gasteiger partial charge is 0.481 e. The molecule has 0 aliphatic carbocycles. The van der Waals surface area contributed by atoms with Gasteiger partial charge in [-0.2, -0.15) is 0 Å². The van der Waals surface area contributed by atoms with Gasteiger partial charge in [0.25, 0.3) is 0 Å². The number of benzene rings is 2.